The third kappa shape index (κ3) is 4.27. The molecule has 8 nitrogen and oxygen atoms in total. The summed E-state index contributed by atoms with van der Waals surface area (Å²) < 4.78 is 70.7. The summed E-state index contributed by atoms with van der Waals surface area (Å²) in [5.41, 5.74) is -3.52. The average molecular weight is 382 g/mol. The number of halogens is 3. The van der Waals surface area contributed by atoms with Gasteiger partial charge in [0.25, 0.3) is 0 Å². The summed E-state index contributed by atoms with van der Waals surface area (Å²) in [6.45, 7) is 0. The monoisotopic (exact) mass is 382 g/mol. The zero-order valence-electron chi connectivity index (χ0n) is 12.4. The van der Waals surface area contributed by atoms with E-state index in [-0.39, 0.29) is 6.42 Å². The molecular formula is C13H13F3N2O6S. The Labute approximate surface area is 140 Å². The van der Waals surface area contributed by atoms with E-state index < -0.39 is 57.4 Å². The van der Waals surface area contributed by atoms with E-state index in [0.717, 1.165) is 18.2 Å². The fourth-order valence-electron chi connectivity index (χ4n) is 2.39. The number of benzene rings is 1. The fourth-order valence-corrected chi connectivity index (χ4v) is 3.22. The van der Waals surface area contributed by atoms with Gasteiger partial charge in [-0.2, -0.15) is 21.6 Å². The fraction of sp³-hybridized carbons (Fsp3) is 0.385. The summed E-state index contributed by atoms with van der Waals surface area (Å²) in [5.74, 6) is -2.20. The Morgan fingerprint density at radius 3 is 2.48 bits per heavy atom. The van der Waals surface area contributed by atoms with Crippen LogP contribution in [0.3, 0.4) is 0 Å². The lowest BCUT2D eigenvalue weighted by Crippen LogP contribution is -2.43. The third-order valence-electron chi connectivity index (χ3n) is 3.49. The minimum atomic E-state index is -4.89. The van der Waals surface area contributed by atoms with Crippen LogP contribution in [0.5, 0.6) is 0 Å². The van der Waals surface area contributed by atoms with Crippen LogP contribution >= 0.6 is 0 Å². The SMILES string of the molecule is O=C(O)CCC1NC(S(=O)(=O)O)N(c2cccc(C(F)(F)F)c2)C1=O. The van der Waals surface area contributed by atoms with Crippen LogP contribution in [-0.2, 0) is 25.9 Å². The van der Waals surface area contributed by atoms with Gasteiger partial charge < -0.3 is 5.11 Å². The molecule has 1 saturated heterocycles. The maximum atomic E-state index is 12.8. The van der Waals surface area contributed by atoms with E-state index in [1.165, 1.54) is 0 Å². The number of rotatable bonds is 5. The first-order valence-electron chi connectivity index (χ1n) is 6.86. The van der Waals surface area contributed by atoms with E-state index in [1.807, 2.05) is 0 Å². The molecule has 0 bridgehead atoms. The van der Waals surface area contributed by atoms with Gasteiger partial charge >= 0.3 is 22.3 Å². The van der Waals surface area contributed by atoms with Crippen LogP contribution in [0.1, 0.15) is 18.4 Å². The number of aliphatic carboxylic acids is 1. The van der Waals surface area contributed by atoms with Crippen molar-refractivity contribution in [3.63, 3.8) is 0 Å². The van der Waals surface area contributed by atoms with Crippen molar-refractivity contribution < 1.29 is 40.8 Å². The molecule has 0 saturated carbocycles. The first-order chi connectivity index (χ1) is 11.4. The largest absolute Gasteiger partial charge is 0.481 e. The molecular weight excluding hydrogens is 369 g/mol. The van der Waals surface area contributed by atoms with Crippen LogP contribution in [0, 0.1) is 0 Å². The summed E-state index contributed by atoms with van der Waals surface area (Å²) in [6.07, 6.45) is -5.49. The molecule has 12 heteroatoms. The molecule has 1 fully saturated rings. The van der Waals surface area contributed by atoms with Crippen molar-refractivity contribution in [3.05, 3.63) is 29.8 Å². The predicted octanol–water partition coefficient (Wildman–Crippen LogP) is 1.05. The molecule has 1 aliphatic heterocycles. The summed E-state index contributed by atoms with van der Waals surface area (Å²) >= 11 is 0. The standard InChI is InChI=1S/C13H13F3N2O6S/c14-13(15,16)7-2-1-3-8(6-7)18-11(21)9(4-5-10(19)20)17-12(18)25(22,23)24/h1-3,6,9,12,17H,4-5H2,(H,19,20)(H,22,23,24). The van der Waals surface area contributed by atoms with E-state index in [2.05, 4.69) is 5.32 Å². The zero-order valence-corrected chi connectivity index (χ0v) is 13.2. The minimum absolute atomic E-state index is 0.296. The molecule has 0 aliphatic carbocycles. The molecule has 25 heavy (non-hydrogen) atoms. The number of amides is 1. The number of carboxylic acids is 1. The quantitative estimate of drug-likeness (QED) is 0.650. The molecule has 3 N–H and O–H groups in total. The molecule has 1 amide bonds. The predicted molar refractivity (Wildman–Crippen MR) is 78.1 cm³/mol. The lowest BCUT2D eigenvalue weighted by Gasteiger charge is -2.22. The number of carboxylic acid groups (broad SMARTS) is 1. The van der Waals surface area contributed by atoms with Crippen molar-refractivity contribution in [1.82, 2.24) is 5.32 Å². The average Bonchev–Trinajstić information content (AvgIpc) is 2.81. The highest BCUT2D eigenvalue weighted by Gasteiger charge is 2.46. The van der Waals surface area contributed by atoms with Gasteiger partial charge in [-0.1, -0.05) is 6.07 Å². The first kappa shape index (κ1) is 19.1. The lowest BCUT2D eigenvalue weighted by atomic mass is 10.1. The molecule has 0 aromatic heterocycles. The Bertz CT molecular complexity index is 795. The topological polar surface area (TPSA) is 124 Å². The van der Waals surface area contributed by atoms with Crippen molar-refractivity contribution in [2.24, 2.45) is 0 Å². The molecule has 1 heterocycles. The molecule has 138 valence electrons. The van der Waals surface area contributed by atoms with Crippen LogP contribution in [0.2, 0.25) is 0 Å². The van der Waals surface area contributed by atoms with Crippen molar-refractivity contribution in [3.8, 4) is 0 Å². The minimum Gasteiger partial charge on any atom is -0.481 e. The van der Waals surface area contributed by atoms with Gasteiger partial charge in [0.05, 0.1) is 11.6 Å². The summed E-state index contributed by atoms with van der Waals surface area (Å²) in [5, 5.41) is 10.9. The van der Waals surface area contributed by atoms with Gasteiger partial charge in [0.15, 0.2) is 0 Å². The zero-order chi connectivity index (χ0) is 19.0. The van der Waals surface area contributed by atoms with E-state index >= 15 is 0 Å². The molecule has 1 aliphatic rings. The van der Waals surface area contributed by atoms with Gasteiger partial charge in [0, 0.05) is 12.1 Å². The van der Waals surface area contributed by atoms with Crippen molar-refractivity contribution in [1.29, 1.82) is 0 Å². The second kappa shape index (κ2) is 6.61. The summed E-state index contributed by atoms with van der Waals surface area (Å²) in [6, 6.07) is 2.08. The Balaban J connectivity index is 2.42. The maximum absolute atomic E-state index is 12.8. The highest BCUT2D eigenvalue weighted by Crippen LogP contribution is 2.33. The molecule has 2 rings (SSSR count). The number of carbonyl (C=O) groups excluding carboxylic acids is 1. The van der Waals surface area contributed by atoms with Crippen LogP contribution in [0.4, 0.5) is 18.9 Å². The van der Waals surface area contributed by atoms with Gasteiger partial charge in [0.2, 0.25) is 11.4 Å². The first-order valence-corrected chi connectivity index (χ1v) is 8.36. The van der Waals surface area contributed by atoms with Crippen molar-refractivity contribution in [2.45, 2.75) is 30.6 Å². The highest BCUT2D eigenvalue weighted by atomic mass is 32.2. The Kier molecular flexibility index (Phi) is 5.06. The molecule has 0 radical (unpaired) electrons. The van der Waals surface area contributed by atoms with Gasteiger partial charge in [-0.15, -0.1) is 0 Å². The van der Waals surface area contributed by atoms with E-state index in [9.17, 15) is 35.7 Å². The van der Waals surface area contributed by atoms with Gasteiger partial charge in [-0.3, -0.25) is 24.4 Å². The number of nitrogens with one attached hydrogen (secondary N) is 1. The van der Waals surface area contributed by atoms with E-state index in [4.69, 9.17) is 5.11 Å². The second-order valence-electron chi connectivity index (χ2n) is 5.28. The highest BCUT2D eigenvalue weighted by molar-refractivity contribution is 7.86. The Hall–Kier alpha value is -2.18. The number of hydrogen-bond donors (Lipinski definition) is 3. The lowest BCUT2D eigenvalue weighted by molar-refractivity contribution is -0.138. The Morgan fingerprint density at radius 1 is 1.32 bits per heavy atom. The van der Waals surface area contributed by atoms with E-state index in [1.54, 1.807) is 0 Å². The van der Waals surface area contributed by atoms with Crippen LogP contribution in [0.15, 0.2) is 24.3 Å². The molecule has 0 spiro atoms. The number of nitrogens with zero attached hydrogens (tertiary/aromatic N) is 1. The summed E-state index contributed by atoms with van der Waals surface area (Å²) in [4.78, 5) is 23.4. The second-order valence-corrected chi connectivity index (χ2v) is 6.75. The third-order valence-corrected chi connectivity index (χ3v) is 4.41. The Morgan fingerprint density at radius 2 is 1.96 bits per heavy atom. The molecule has 1 aromatic rings. The number of alkyl halides is 3. The number of hydrogen-bond acceptors (Lipinski definition) is 5. The van der Waals surface area contributed by atoms with Gasteiger partial charge in [-0.25, -0.2) is 0 Å². The molecule has 1 aromatic carbocycles. The number of carbonyl (C=O) groups is 2. The normalized spacial score (nSPS) is 21.6. The van der Waals surface area contributed by atoms with Crippen LogP contribution < -0.4 is 10.2 Å². The van der Waals surface area contributed by atoms with Crippen molar-refractivity contribution in [2.75, 3.05) is 4.90 Å². The van der Waals surface area contributed by atoms with Crippen LogP contribution in [0.25, 0.3) is 0 Å². The van der Waals surface area contributed by atoms with Crippen molar-refractivity contribution >= 4 is 27.7 Å². The number of anilines is 1. The molecule has 2 unspecified atom stereocenters. The summed E-state index contributed by atoms with van der Waals surface area (Å²) in [7, 11) is -4.89. The van der Waals surface area contributed by atoms with Gasteiger partial charge in [-0.05, 0) is 24.6 Å². The smallest absolute Gasteiger partial charge is 0.416 e. The maximum Gasteiger partial charge on any atom is 0.416 e. The van der Waals surface area contributed by atoms with Crippen LogP contribution in [-0.4, -0.2) is 41.5 Å². The molecule has 2 atom stereocenters. The van der Waals surface area contributed by atoms with E-state index in [0.29, 0.717) is 11.0 Å². The van der Waals surface area contributed by atoms with Gasteiger partial charge in [0.1, 0.15) is 0 Å².